The standard InChI is InChI=1S/C21H32O2/c1-4-21(23)12-9-18-16-6-5-14-13-15(22)7-10-19(14,2)17(16)8-11-20(18,21)3/h4-5,15-18,22-23H,1,6-13H2,2-3H3. The molecule has 2 N–H and O–H groups in total. The predicted molar refractivity (Wildman–Crippen MR) is 92.9 cm³/mol. The van der Waals surface area contributed by atoms with Crippen molar-refractivity contribution in [3.8, 4) is 0 Å². The lowest BCUT2D eigenvalue weighted by Gasteiger charge is -2.58. The second-order valence-corrected chi connectivity index (χ2v) is 9.28. The van der Waals surface area contributed by atoms with Crippen molar-refractivity contribution in [2.24, 2.45) is 28.6 Å². The Morgan fingerprint density at radius 1 is 1.13 bits per heavy atom. The number of hydrogen-bond donors (Lipinski definition) is 2. The van der Waals surface area contributed by atoms with Crippen LogP contribution in [0.3, 0.4) is 0 Å². The zero-order valence-corrected chi connectivity index (χ0v) is 14.7. The van der Waals surface area contributed by atoms with Crippen LogP contribution in [-0.4, -0.2) is 21.9 Å². The van der Waals surface area contributed by atoms with Gasteiger partial charge in [0.25, 0.3) is 0 Å². The average Bonchev–Trinajstić information content (AvgIpc) is 2.80. The second kappa shape index (κ2) is 4.95. The molecule has 3 fully saturated rings. The zero-order valence-electron chi connectivity index (χ0n) is 14.7. The van der Waals surface area contributed by atoms with Gasteiger partial charge >= 0.3 is 0 Å². The molecule has 0 bridgehead atoms. The minimum Gasteiger partial charge on any atom is -0.393 e. The largest absolute Gasteiger partial charge is 0.393 e. The molecule has 0 radical (unpaired) electrons. The van der Waals surface area contributed by atoms with E-state index in [2.05, 4.69) is 26.5 Å². The van der Waals surface area contributed by atoms with E-state index < -0.39 is 5.60 Å². The monoisotopic (exact) mass is 316 g/mol. The summed E-state index contributed by atoms with van der Waals surface area (Å²) in [6, 6.07) is 0. The van der Waals surface area contributed by atoms with Crippen LogP contribution in [0, 0.1) is 28.6 Å². The summed E-state index contributed by atoms with van der Waals surface area (Å²) in [6.07, 6.45) is 12.6. The molecule has 0 amide bonds. The molecule has 0 saturated heterocycles. The lowest BCUT2D eigenvalue weighted by molar-refractivity contribution is -0.101. The van der Waals surface area contributed by atoms with Crippen LogP contribution in [0.5, 0.6) is 0 Å². The molecule has 0 aromatic carbocycles. The van der Waals surface area contributed by atoms with Crippen molar-refractivity contribution in [1.29, 1.82) is 0 Å². The van der Waals surface area contributed by atoms with E-state index in [0.29, 0.717) is 17.3 Å². The first-order valence-corrected chi connectivity index (χ1v) is 9.58. The number of rotatable bonds is 1. The van der Waals surface area contributed by atoms with Crippen molar-refractivity contribution in [3.05, 3.63) is 24.3 Å². The molecule has 0 spiro atoms. The van der Waals surface area contributed by atoms with E-state index in [1.54, 1.807) is 0 Å². The molecule has 128 valence electrons. The maximum absolute atomic E-state index is 11.1. The summed E-state index contributed by atoms with van der Waals surface area (Å²) < 4.78 is 0. The topological polar surface area (TPSA) is 40.5 Å². The van der Waals surface area contributed by atoms with Gasteiger partial charge in [-0.3, -0.25) is 0 Å². The highest BCUT2D eigenvalue weighted by Gasteiger charge is 2.62. The molecule has 7 atom stereocenters. The minimum atomic E-state index is -0.670. The summed E-state index contributed by atoms with van der Waals surface area (Å²) in [4.78, 5) is 0. The maximum atomic E-state index is 11.1. The van der Waals surface area contributed by atoms with Gasteiger partial charge in [-0.25, -0.2) is 0 Å². The van der Waals surface area contributed by atoms with Crippen molar-refractivity contribution in [2.75, 3.05) is 0 Å². The van der Waals surface area contributed by atoms with Crippen molar-refractivity contribution < 1.29 is 10.2 Å². The second-order valence-electron chi connectivity index (χ2n) is 9.28. The molecule has 0 heterocycles. The van der Waals surface area contributed by atoms with Crippen LogP contribution in [0.2, 0.25) is 0 Å². The number of aliphatic hydroxyl groups is 2. The first-order chi connectivity index (χ1) is 10.8. The Balaban J connectivity index is 1.69. The summed E-state index contributed by atoms with van der Waals surface area (Å²) >= 11 is 0. The summed E-state index contributed by atoms with van der Waals surface area (Å²) in [5.74, 6) is 2.05. The molecule has 0 aromatic rings. The maximum Gasteiger partial charge on any atom is 0.0881 e. The van der Waals surface area contributed by atoms with Gasteiger partial charge in [-0.2, -0.15) is 0 Å². The lowest BCUT2D eigenvalue weighted by Crippen LogP contribution is -2.54. The van der Waals surface area contributed by atoms with Crippen molar-refractivity contribution in [2.45, 2.75) is 76.9 Å². The van der Waals surface area contributed by atoms with Crippen molar-refractivity contribution in [1.82, 2.24) is 0 Å². The van der Waals surface area contributed by atoms with Crippen LogP contribution in [0.25, 0.3) is 0 Å². The number of fused-ring (bicyclic) bond motifs is 5. The summed E-state index contributed by atoms with van der Waals surface area (Å²) in [5, 5.41) is 21.2. The highest BCUT2D eigenvalue weighted by Crippen LogP contribution is 2.67. The molecule has 0 aliphatic heterocycles. The molecule has 0 aromatic heterocycles. The van der Waals surface area contributed by atoms with E-state index >= 15 is 0 Å². The first kappa shape index (κ1) is 15.9. The molecule has 4 aliphatic rings. The van der Waals surface area contributed by atoms with E-state index in [4.69, 9.17) is 0 Å². The Hall–Kier alpha value is -0.600. The van der Waals surface area contributed by atoms with E-state index in [0.717, 1.165) is 50.9 Å². The Labute approximate surface area is 140 Å². The van der Waals surface area contributed by atoms with Crippen molar-refractivity contribution in [3.63, 3.8) is 0 Å². The van der Waals surface area contributed by atoms with Gasteiger partial charge in [0.1, 0.15) is 0 Å². The summed E-state index contributed by atoms with van der Waals surface area (Å²) in [7, 11) is 0. The fourth-order valence-corrected chi connectivity index (χ4v) is 7.03. The molecule has 4 rings (SSSR count). The van der Waals surface area contributed by atoms with Crippen LogP contribution in [0.1, 0.15) is 65.2 Å². The lowest BCUT2D eigenvalue weighted by atomic mass is 9.47. The van der Waals surface area contributed by atoms with Crippen LogP contribution in [0.15, 0.2) is 24.3 Å². The molecule has 7 unspecified atom stereocenters. The molecule has 23 heavy (non-hydrogen) atoms. The number of aliphatic hydroxyl groups excluding tert-OH is 1. The molecular formula is C21H32O2. The van der Waals surface area contributed by atoms with Gasteiger partial charge in [-0.05, 0) is 74.5 Å². The molecule has 3 saturated carbocycles. The molecular weight excluding hydrogens is 284 g/mol. The third-order valence-electron chi connectivity index (χ3n) is 8.63. The quantitative estimate of drug-likeness (QED) is 0.711. The summed E-state index contributed by atoms with van der Waals surface area (Å²) in [5.41, 5.74) is 1.15. The Kier molecular flexibility index (Phi) is 3.42. The highest BCUT2D eigenvalue weighted by molar-refractivity contribution is 5.27. The SMILES string of the molecule is C=CC1(O)CCC2C3CC=C4CC(O)CCC4(C)C3CCC21C. The Morgan fingerprint density at radius 2 is 1.87 bits per heavy atom. The van der Waals surface area contributed by atoms with Crippen LogP contribution < -0.4 is 0 Å². The zero-order chi connectivity index (χ0) is 16.5. The fourth-order valence-electron chi connectivity index (χ4n) is 7.03. The van der Waals surface area contributed by atoms with Gasteiger partial charge in [0, 0.05) is 5.41 Å². The third-order valence-corrected chi connectivity index (χ3v) is 8.63. The number of allylic oxidation sites excluding steroid dienone is 1. The minimum absolute atomic E-state index is 0.00575. The smallest absolute Gasteiger partial charge is 0.0881 e. The van der Waals surface area contributed by atoms with Gasteiger partial charge in [0.2, 0.25) is 0 Å². The molecule has 4 aliphatic carbocycles. The van der Waals surface area contributed by atoms with Crippen LogP contribution >= 0.6 is 0 Å². The normalized spacial score (nSPS) is 55.4. The van der Waals surface area contributed by atoms with Crippen LogP contribution in [-0.2, 0) is 0 Å². The third kappa shape index (κ3) is 1.94. The van der Waals surface area contributed by atoms with Gasteiger partial charge in [0.05, 0.1) is 11.7 Å². The van der Waals surface area contributed by atoms with Crippen LogP contribution in [0.4, 0.5) is 0 Å². The average molecular weight is 316 g/mol. The first-order valence-electron chi connectivity index (χ1n) is 9.58. The van der Waals surface area contributed by atoms with E-state index in [1.165, 1.54) is 12.0 Å². The highest BCUT2D eigenvalue weighted by atomic mass is 16.3. The fraction of sp³-hybridized carbons (Fsp3) is 0.810. The number of hydrogen-bond acceptors (Lipinski definition) is 2. The Morgan fingerprint density at radius 3 is 2.61 bits per heavy atom. The van der Waals surface area contributed by atoms with Crippen molar-refractivity contribution >= 4 is 0 Å². The van der Waals surface area contributed by atoms with E-state index in [9.17, 15) is 10.2 Å². The Bertz CT molecular complexity index is 552. The summed E-state index contributed by atoms with van der Waals surface area (Å²) in [6.45, 7) is 8.72. The van der Waals surface area contributed by atoms with E-state index in [-0.39, 0.29) is 11.5 Å². The predicted octanol–water partition coefficient (Wildman–Crippen LogP) is 4.23. The van der Waals surface area contributed by atoms with Gasteiger partial charge in [-0.1, -0.05) is 31.6 Å². The van der Waals surface area contributed by atoms with Gasteiger partial charge in [0.15, 0.2) is 0 Å². The molecule has 2 nitrogen and oxygen atoms in total. The van der Waals surface area contributed by atoms with Gasteiger partial charge in [-0.15, -0.1) is 6.58 Å². The van der Waals surface area contributed by atoms with Gasteiger partial charge < -0.3 is 10.2 Å². The molecule has 2 heteroatoms. The van der Waals surface area contributed by atoms with E-state index in [1.807, 2.05) is 6.08 Å².